The Morgan fingerprint density at radius 1 is 1.12 bits per heavy atom. The Labute approximate surface area is 140 Å². The lowest BCUT2D eigenvalue weighted by Crippen LogP contribution is -2.37. The van der Waals surface area contributed by atoms with Gasteiger partial charge in [-0.2, -0.15) is 5.26 Å². The fourth-order valence-corrected chi connectivity index (χ4v) is 2.43. The van der Waals surface area contributed by atoms with E-state index in [2.05, 4.69) is 4.99 Å². The van der Waals surface area contributed by atoms with Gasteiger partial charge in [0.05, 0.1) is 5.56 Å². The summed E-state index contributed by atoms with van der Waals surface area (Å²) in [5.41, 5.74) is 1.03. The van der Waals surface area contributed by atoms with Crippen molar-refractivity contribution in [2.24, 2.45) is 4.99 Å². The summed E-state index contributed by atoms with van der Waals surface area (Å²) in [6.07, 6.45) is 0. The molecule has 0 atom stereocenters. The van der Waals surface area contributed by atoms with Crippen LogP contribution in [0.25, 0.3) is 0 Å². The van der Waals surface area contributed by atoms with Crippen LogP contribution in [0.2, 0.25) is 0 Å². The van der Waals surface area contributed by atoms with Gasteiger partial charge in [0.25, 0.3) is 5.71 Å². The summed E-state index contributed by atoms with van der Waals surface area (Å²) in [7, 11) is 0. The quantitative estimate of drug-likeness (QED) is 0.641. The number of benzene rings is 2. The lowest BCUT2D eigenvalue weighted by molar-refractivity contribution is -0.512. The van der Waals surface area contributed by atoms with E-state index in [4.69, 9.17) is 10.00 Å². The van der Waals surface area contributed by atoms with Crippen molar-refractivity contribution in [2.75, 3.05) is 0 Å². The molecule has 1 aliphatic rings. The van der Waals surface area contributed by atoms with Crippen LogP contribution < -0.4 is 4.74 Å². The number of hydrogen-bond acceptors (Lipinski definition) is 4. The third-order valence-electron chi connectivity index (χ3n) is 3.96. The summed E-state index contributed by atoms with van der Waals surface area (Å²) >= 11 is 0. The molecule has 3 rings (SSSR count). The Balaban J connectivity index is 1.77. The van der Waals surface area contributed by atoms with Crippen LogP contribution in [0.1, 0.15) is 25.0 Å². The molecule has 120 valence electrons. The first-order chi connectivity index (χ1) is 11.5. The van der Waals surface area contributed by atoms with Crippen LogP contribution in [0, 0.1) is 16.5 Å². The van der Waals surface area contributed by atoms with Crippen molar-refractivity contribution in [3.05, 3.63) is 70.9 Å². The number of aliphatic imine (C=N–C) groups is 1. The van der Waals surface area contributed by atoms with Crippen molar-refractivity contribution in [2.45, 2.75) is 26.0 Å². The second kappa shape index (κ2) is 6.17. The fourth-order valence-electron chi connectivity index (χ4n) is 2.43. The largest absolute Gasteiger partial charge is 0.714 e. The van der Waals surface area contributed by atoms with Gasteiger partial charge in [-0.1, -0.05) is 30.3 Å². The number of ether oxygens (including phenoxy) is 1. The van der Waals surface area contributed by atoms with Crippen LogP contribution in [0.15, 0.2) is 59.6 Å². The van der Waals surface area contributed by atoms with Crippen molar-refractivity contribution in [1.29, 1.82) is 5.26 Å². The maximum absolute atomic E-state index is 12.4. The molecule has 2 aromatic carbocycles. The van der Waals surface area contributed by atoms with Crippen LogP contribution in [-0.4, -0.2) is 21.8 Å². The molecular formula is C19H17N3O2. The van der Waals surface area contributed by atoms with Gasteiger partial charge in [-0.15, -0.1) is 0 Å². The molecule has 0 unspecified atom stereocenters. The summed E-state index contributed by atoms with van der Waals surface area (Å²) < 4.78 is 6.51. The third kappa shape index (κ3) is 2.86. The molecule has 0 bridgehead atoms. The van der Waals surface area contributed by atoms with Gasteiger partial charge in [-0.25, -0.2) is 4.74 Å². The van der Waals surface area contributed by atoms with E-state index in [-0.39, 0.29) is 11.5 Å². The zero-order valence-corrected chi connectivity index (χ0v) is 13.6. The zero-order chi connectivity index (χ0) is 17.2. The van der Waals surface area contributed by atoms with Gasteiger partial charge in [-0.05, 0) is 48.7 Å². The molecule has 0 aliphatic carbocycles. The summed E-state index contributed by atoms with van der Waals surface area (Å²) in [5, 5.41) is 21.5. The molecule has 0 amide bonds. The second-order valence-corrected chi connectivity index (χ2v) is 6.05. The molecule has 5 heteroatoms. The molecule has 1 aliphatic heterocycles. The highest BCUT2D eigenvalue weighted by Crippen LogP contribution is 2.22. The van der Waals surface area contributed by atoms with E-state index in [9.17, 15) is 5.21 Å². The van der Waals surface area contributed by atoms with Crippen LogP contribution in [0.5, 0.6) is 5.75 Å². The number of nitrogens with zero attached hydrogens (tertiary/aromatic N) is 3. The first kappa shape index (κ1) is 15.8. The van der Waals surface area contributed by atoms with E-state index in [0.29, 0.717) is 17.9 Å². The minimum atomic E-state index is -0.938. The van der Waals surface area contributed by atoms with Crippen LogP contribution in [-0.2, 0) is 6.61 Å². The van der Waals surface area contributed by atoms with Crippen molar-refractivity contribution < 1.29 is 9.48 Å². The molecule has 0 fully saturated rings. The highest BCUT2D eigenvalue weighted by Gasteiger charge is 2.42. The van der Waals surface area contributed by atoms with E-state index >= 15 is 0 Å². The van der Waals surface area contributed by atoms with Gasteiger partial charge in [0.1, 0.15) is 18.4 Å². The number of amidine groups is 1. The van der Waals surface area contributed by atoms with Crippen molar-refractivity contribution in [3.63, 3.8) is 0 Å². The average molecular weight is 319 g/mol. The van der Waals surface area contributed by atoms with Gasteiger partial charge >= 0.3 is 5.84 Å². The van der Waals surface area contributed by atoms with E-state index in [1.165, 1.54) is 0 Å². The molecule has 0 radical (unpaired) electrons. The van der Waals surface area contributed by atoms with Gasteiger partial charge in [0.2, 0.25) is 0 Å². The number of rotatable bonds is 4. The van der Waals surface area contributed by atoms with E-state index in [1.807, 2.05) is 36.4 Å². The molecule has 0 saturated carbocycles. The SMILES string of the molecule is CC1(C)C(C#N)=NC(c2ccc(OCc3ccccc3)cc2)=[N+]1[O-]. The minimum absolute atomic E-state index is 0.219. The molecule has 1 heterocycles. The Kier molecular flexibility index (Phi) is 4.05. The monoisotopic (exact) mass is 319 g/mol. The normalized spacial score (nSPS) is 15.8. The highest BCUT2D eigenvalue weighted by atomic mass is 16.5. The summed E-state index contributed by atoms with van der Waals surface area (Å²) in [6, 6.07) is 19.0. The molecule has 0 spiro atoms. The molecule has 24 heavy (non-hydrogen) atoms. The van der Waals surface area contributed by atoms with E-state index in [0.717, 1.165) is 10.3 Å². The first-order valence-corrected chi connectivity index (χ1v) is 7.63. The topological polar surface area (TPSA) is 71.4 Å². The molecule has 5 nitrogen and oxygen atoms in total. The Morgan fingerprint density at radius 2 is 1.79 bits per heavy atom. The Hall–Kier alpha value is -3.13. The van der Waals surface area contributed by atoms with Crippen molar-refractivity contribution in [1.82, 2.24) is 0 Å². The van der Waals surface area contributed by atoms with Crippen LogP contribution in [0.3, 0.4) is 0 Å². The van der Waals surface area contributed by atoms with Crippen LogP contribution in [0.4, 0.5) is 0 Å². The number of nitriles is 1. The van der Waals surface area contributed by atoms with Crippen molar-refractivity contribution in [3.8, 4) is 11.8 Å². The third-order valence-corrected chi connectivity index (χ3v) is 3.96. The Morgan fingerprint density at radius 3 is 2.38 bits per heavy atom. The standard InChI is InChI=1S/C19H17N3O2/c1-19(2)17(12-20)21-18(22(19)23)15-8-10-16(11-9-15)24-13-14-6-4-3-5-7-14/h3-11H,13H2,1-2H3. The fraction of sp³-hybridized carbons (Fsp3) is 0.211. The molecule has 0 saturated heterocycles. The van der Waals surface area contributed by atoms with Gasteiger partial charge in [-0.3, -0.25) is 0 Å². The highest BCUT2D eigenvalue weighted by molar-refractivity contribution is 6.16. The molecule has 0 N–H and O–H groups in total. The zero-order valence-electron chi connectivity index (χ0n) is 13.6. The maximum Gasteiger partial charge on any atom is 0.330 e. The number of hydrogen-bond donors (Lipinski definition) is 0. The second-order valence-electron chi connectivity index (χ2n) is 6.05. The predicted octanol–water partition coefficient (Wildman–Crippen LogP) is 3.28. The lowest BCUT2D eigenvalue weighted by Gasteiger charge is -2.21. The molecule has 2 aromatic rings. The van der Waals surface area contributed by atoms with E-state index < -0.39 is 5.54 Å². The van der Waals surface area contributed by atoms with Crippen LogP contribution >= 0.6 is 0 Å². The lowest BCUT2D eigenvalue weighted by atomic mass is 10.0. The summed E-state index contributed by atoms with van der Waals surface area (Å²) in [5.74, 6) is 0.966. The molecule has 0 aromatic heterocycles. The summed E-state index contributed by atoms with van der Waals surface area (Å²) in [6.45, 7) is 3.85. The average Bonchev–Trinajstić information content (AvgIpc) is 2.84. The molecular weight excluding hydrogens is 302 g/mol. The van der Waals surface area contributed by atoms with Gasteiger partial charge < -0.3 is 9.94 Å². The predicted molar refractivity (Wildman–Crippen MR) is 92.1 cm³/mol. The smallest absolute Gasteiger partial charge is 0.330 e. The van der Waals surface area contributed by atoms with E-state index in [1.54, 1.807) is 38.1 Å². The van der Waals surface area contributed by atoms with Gasteiger partial charge in [0.15, 0.2) is 5.54 Å². The van der Waals surface area contributed by atoms with Crippen molar-refractivity contribution >= 4 is 11.5 Å². The first-order valence-electron chi connectivity index (χ1n) is 7.63. The summed E-state index contributed by atoms with van der Waals surface area (Å²) in [4.78, 5) is 4.18. The minimum Gasteiger partial charge on any atom is -0.714 e. The number of hydroxylamine groups is 1. The maximum atomic E-state index is 12.4. The van der Waals surface area contributed by atoms with Gasteiger partial charge in [0, 0.05) is 0 Å². The Bertz CT molecular complexity index is 844.